The topological polar surface area (TPSA) is 60.2 Å². The van der Waals surface area contributed by atoms with E-state index in [1.54, 1.807) is 0 Å². The van der Waals surface area contributed by atoms with Gasteiger partial charge in [0, 0.05) is 23.6 Å². The molecule has 1 N–H and O–H groups in total. The molecule has 0 amide bonds. The molecule has 2 aromatic rings. The summed E-state index contributed by atoms with van der Waals surface area (Å²) in [6, 6.07) is 5.59. The molecule has 6 heteroatoms. The number of rotatable bonds is 7. The molecule has 108 valence electrons. The molecule has 0 aliphatic heterocycles. The van der Waals surface area contributed by atoms with Crippen LogP contribution in [0.4, 0.5) is 0 Å². The molecule has 1 heterocycles. The molecule has 5 nitrogen and oxygen atoms in total. The van der Waals surface area contributed by atoms with Gasteiger partial charge < -0.3 is 14.5 Å². The lowest BCUT2D eigenvalue weighted by atomic mass is 10.2. The Morgan fingerprint density at radius 1 is 1.25 bits per heavy atom. The molecule has 0 saturated carbocycles. The first kappa shape index (κ1) is 14.8. The van der Waals surface area contributed by atoms with Crippen molar-refractivity contribution >= 4 is 11.6 Å². The summed E-state index contributed by atoms with van der Waals surface area (Å²) in [5.74, 6) is 1.81. The smallest absolute Gasteiger partial charge is 0.253 e. The maximum atomic E-state index is 6.20. The van der Waals surface area contributed by atoms with Crippen LogP contribution >= 0.6 is 11.6 Å². The van der Waals surface area contributed by atoms with Gasteiger partial charge in [-0.15, -0.1) is 10.2 Å². The molecule has 1 aromatic carbocycles. The van der Waals surface area contributed by atoms with E-state index < -0.39 is 0 Å². The van der Waals surface area contributed by atoms with Gasteiger partial charge in [-0.25, -0.2) is 0 Å². The van der Waals surface area contributed by atoms with Gasteiger partial charge in [0.25, 0.3) is 5.89 Å². The highest BCUT2D eigenvalue weighted by molar-refractivity contribution is 6.31. The lowest BCUT2D eigenvalue weighted by Crippen LogP contribution is -2.13. The number of benzene rings is 1. The molecule has 0 spiro atoms. The van der Waals surface area contributed by atoms with Crippen molar-refractivity contribution in [2.45, 2.75) is 33.4 Å². The third kappa shape index (κ3) is 3.71. The number of aromatic nitrogens is 2. The van der Waals surface area contributed by atoms with Crippen LogP contribution in [0.3, 0.4) is 0 Å². The Hall–Kier alpha value is -1.59. The van der Waals surface area contributed by atoms with Gasteiger partial charge in [0.15, 0.2) is 6.61 Å². The molecule has 0 unspecified atom stereocenters. The molecule has 0 atom stereocenters. The summed E-state index contributed by atoms with van der Waals surface area (Å²) < 4.78 is 11.1. The Kier molecular flexibility index (Phi) is 5.38. The molecule has 0 aliphatic carbocycles. The van der Waals surface area contributed by atoms with Gasteiger partial charge in [0.1, 0.15) is 5.75 Å². The first-order chi connectivity index (χ1) is 9.74. The van der Waals surface area contributed by atoms with E-state index in [0.717, 1.165) is 24.3 Å². The van der Waals surface area contributed by atoms with Crippen molar-refractivity contribution in [1.29, 1.82) is 0 Å². The Morgan fingerprint density at radius 2 is 2.05 bits per heavy atom. The highest BCUT2D eigenvalue weighted by Gasteiger charge is 2.10. The SMILES string of the molecule is CCNCc1c(Cl)cccc1OCc1nnc(CC)o1. The van der Waals surface area contributed by atoms with Crippen LogP contribution in [0, 0.1) is 0 Å². The van der Waals surface area contributed by atoms with Crippen molar-refractivity contribution in [1.82, 2.24) is 15.5 Å². The molecule has 1 aromatic heterocycles. The number of aryl methyl sites for hydroxylation is 1. The minimum atomic E-state index is 0.243. The van der Waals surface area contributed by atoms with Crippen LogP contribution in [-0.4, -0.2) is 16.7 Å². The van der Waals surface area contributed by atoms with Crippen LogP contribution < -0.4 is 10.1 Å². The normalized spacial score (nSPS) is 10.8. The highest BCUT2D eigenvalue weighted by atomic mass is 35.5. The van der Waals surface area contributed by atoms with E-state index in [2.05, 4.69) is 15.5 Å². The summed E-state index contributed by atoms with van der Waals surface area (Å²) in [7, 11) is 0. The van der Waals surface area contributed by atoms with E-state index in [1.807, 2.05) is 32.0 Å². The molecule has 0 radical (unpaired) electrons. The summed E-state index contributed by atoms with van der Waals surface area (Å²) in [5.41, 5.74) is 0.936. The van der Waals surface area contributed by atoms with Crippen molar-refractivity contribution in [2.24, 2.45) is 0 Å². The van der Waals surface area contributed by atoms with E-state index in [9.17, 15) is 0 Å². The summed E-state index contributed by atoms with van der Waals surface area (Å²) in [6.45, 7) is 5.78. The van der Waals surface area contributed by atoms with Crippen LogP contribution in [0.1, 0.15) is 31.2 Å². The zero-order valence-corrected chi connectivity index (χ0v) is 12.4. The Balaban J connectivity index is 2.06. The van der Waals surface area contributed by atoms with E-state index in [-0.39, 0.29) is 6.61 Å². The van der Waals surface area contributed by atoms with E-state index in [4.69, 9.17) is 20.8 Å². The van der Waals surface area contributed by atoms with Gasteiger partial charge in [0.2, 0.25) is 5.89 Å². The second-order valence-corrected chi connectivity index (χ2v) is 4.64. The number of hydrogen-bond acceptors (Lipinski definition) is 5. The Labute approximate surface area is 123 Å². The van der Waals surface area contributed by atoms with E-state index in [0.29, 0.717) is 23.3 Å². The summed E-state index contributed by atoms with van der Waals surface area (Å²) in [4.78, 5) is 0. The third-order valence-corrected chi connectivity index (χ3v) is 3.14. The molecular formula is C14H18ClN3O2. The summed E-state index contributed by atoms with van der Waals surface area (Å²) in [5, 5.41) is 11.8. The number of halogens is 1. The van der Waals surface area contributed by atoms with E-state index in [1.165, 1.54) is 0 Å². The average molecular weight is 296 g/mol. The molecule has 20 heavy (non-hydrogen) atoms. The average Bonchev–Trinajstić information content (AvgIpc) is 2.92. The lowest BCUT2D eigenvalue weighted by molar-refractivity contribution is 0.256. The molecule has 0 saturated heterocycles. The Morgan fingerprint density at radius 3 is 2.75 bits per heavy atom. The van der Waals surface area contributed by atoms with Crippen molar-refractivity contribution in [3.63, 3.8) is 0 Å². The lowest BCUT2D eigenvalue weighted by Gasteiger charge is -2.12. The molecule has 0 fully saturated rings. The first-order valence-corrected chi connectivity index (χ1v) is 7.04. The number of nitrogens with zero attached hydrogens (tertiary/aromatic N) is 2. The third-order valence-electron chi connectivity index (χ3n) is 2.79. The van der Waals surface area contributed by atoms with Gasteiger partial charge >= 0.3 is 0 Å². The van der Waals surface area contributed by atoms with E-state index >= 15 is 0 Å². The van der Waals surface area contributed by atoms with Crippen molar-refractivity contribution in [3.05, 3.63) is 40.6 Å². The second kappa shape index (κ2) is 7.26. The van der Waals surface area contributed by atoms with Crippen molar-refractivity contribution in [2.75, 3.05) is 6.54 Å². The Bertz CT molecular complexity index is 557. The largest absolute Gasteiger partial charge is 0.483 e. The number of hydrogen-bond donors (Lipinski definition) is 1. The van der Waals surface area contributed by atoms with Gasteiger partial charge in [-0.05, 0) is 18.7 Å². The van der Waals surface area contributed by atoms with Gasteiger partial charge in [-0.2, -0.15) is 0 Å². The van der Waals surface area contributed by atoms with Crippen molar-refractivity contribution < 1.29 is 9.15 Å². The van der Waals surface area contributed by atoms with Crippen LogP contribution in [0.25, 0.3) is 0 Å². The molecule has 2 rings (SSSR count). The zero-order valence-electron chi connectivity index (χ0n) is 11.6. The second-order valence-electron chi connectivity index (χ2n) is 4.23. The van der Waals surface area contributed by atoms with Gasteiger partial charge in [0.05, 0.1) is 0 Å². The molecule has 0 aliphatic rings. The number of nitrogens with one attached hydrogen (secondary N) is 1. The minimum absolute atomic E-state index is 0.243. The van der Waals surface area contributed by atoms with Crippen LogP contribution in [0.2, 0.25) is 5.02 Å². The number of ether oxygens (including phenoxy) is 1. The minimum Gasteiger partial charge on any atom is -0.483 e. The predicted octanol–water partition coefficient (Wildman–Crippen LogP) is 2.97. The van der Waals surface area contributed by atoms with Crippen LogP contribution in [-0.2, 0) is 19.6 Å². The fraction of sp³-hybridized carbons (Fsp3) is 0.429. The maximum absolute atomic E-state index is 6.20. The quantitative estimate of drug-likeness (QED) is 0.851. The standard InChI is InChI=1S/C14H18ClN3O2/c1-3-13-17-18-14(20-13)9-19-12-7-5-6-11(15)10(12)8-16-4-2/h5-7,16H,3-4,8-9H2,1-2H3. The summed E-state index contributed by atoms with van der Waals surface area (Å²) >= 11 is 6.20. The monoisotopic (exact) mass is 295 g/mol. The fourth-order valence-electron chi connectivity index (χ4n) is 1.72. The molecule has 0 bridgehead atoms. The first-order valence-electron chi connectivity index (χ1n) is 6.66. The fourth-order valence-corrected chi connectivity index (χ4v) is 1.96. The van der Waals surface area contributed by atoms with Crippen LogP contribution in [0.15, 0.2) is 22.6 Å². The highest BCUT2D eigenvalue weighted by Crippen LogP contribution is 2.27. The molecular weight excluding hydrogens is 278 g/mol. The van der Waals surface area contributed by atoms with Crippen molar-refractivity contribution in [3.8, 4) is 5.75 Å². The predicted molar refractivity (Wildman–Crippen MR) is 76.8 cm³/mol. The van der Waals surface area contributed by atoms with Gasteiger partial charge in [-0.3, -0.25) is 0 Å². The summed E-state index contributed by atoms with van der Waals surface area (Å²) in [6.07, 6.45) is 0.718. The zero-order chi connectivity index (χ0) is 14.4. The maximum Gasteiger partial charge on any atom is 0.253 e. The van der Waals surface area contributed by atoms with Crippen LogP contribution in [0.5, 0.6) is 5.75 Å². The van der Waals surface area contributed by atoms with Gasteiger partial charge in [-0.1, -0.05) is 31.5 Å².